The molecule has 130 valence electrons. The van der Waals surface area contributed by atoms with Gasteiger partial charge in [-0.25, -0.2) is 0 Å². The van der Waals surface area contributed by atoms with E-state index in [-0.39, 0.29) is 17.6 Å². The number of likely N-dealkylation sites (tertiary alicyclic amines) is 1. The van der Waals surface area contributed by atoms with Crippen LogP contribution in [0.3, 0.4) is 0 Å². The minimum atomic E-state index is -0.286. The minimum absolute atomic E-state index is 0.00481. The molecule has 0 atom stereocenters. The van der Waals surface area contributed by atoms with Crippen molar-refractivity contribution in [3.63, 3.8) is 0 Å². The molecule has 1 fully saturated rings. The second kappa shape index (κ2) is 7.61. The van der Waals surface area contributed by atoms with Gasteiger partial charge in [0, 0.05) is 29.7 Å². The average Bonchev–Trinajstić information content (AvgIpc) is 3.13. The molecule has 0 bridgehead atoms. The van der Waals surface area contributed by atoms with Crippen LogP contribution in [0.15, 0.2) is 35.7 Å². The molecule has 0 radical (unpaired) electrons. The minimum Gasteiger partial charge on any atom is -0.339 e. The molecular weight excluding hydrogens is 336 g/mol. The third-order valence-corrected chi connectivity index (χ3v) is 5.25. The number of rotatable bonds is 4. The number of Topliss-reactive ketones (excluding diaryl/α,β-unsaturated/α-hetero) is 1. The lowest BCUT2D eigenvalue weighted by atomic mass is 10.1. The molecule has 25 heavy (non-hydrogen) atoms. The fraction of sp³-hybridized carbons (Fsp3) is 0.316. The summed E-state index contributed by atoms with van der Waals surface area (Å²) in [6, 6.07) is 8.58. The molecular formula is C19H20N2O3S. The van der Waals surface area contributed by atoms with Gasteiger partial charge in [-0.2, -0.15) is 0 Å². The van der Waals surface area contributed by atoms with Gasteiger partial charge >= 0.3 is 0 Å². The van der Waals surface area contributed by atoms with E-state index < -0.39 is 0 Å². The Morgan fingerprint density at radius 1 is 1.04 bits per heavy atom. The zero-order valence-electron chi connectivity index (χ0n) is 14.1. The Balaban J connectivity index is 1.71. The zero-order chi connectivity index (χ0) is 17.8. The SMILES string of the molecule is CC(=O)c1cc(C(=O)Nc2cccc(C(=O)N3CCCCC3)c2)cs1. The predicted molar refractivity (Wildman–Crippen MR) is 98.5 cm³/mol. The quantitative estimate of drug-likeness (QED) is 0.847. The van der Waals surface area contributed by atoms with Gasteiger partial charge in [-0.1, -0.05) is 6.07 Å². The first-order valence-electron chi connectivity index (χ1n) is 8.35. The summed E-state index contributed by atoms with van der Waals surface area (Å²) in [6.07, 6.45) is 3.25. The maximum Gasteiger partial charge on any atom is 0.256 e. The van der Waals surface area contributed by atoms with Crippen LogP contribution in [0.1, 0.15) is 56.6 Å². The number of anilines is 1. The Bertz CT molecular complexity index is 807. The number of nitrogens with one attached hydrogen (secondary N) is 1. The number of nitrogens with zero attached hydrogens (tertiary/aromatic N) is 1. The largest absolute Gasteiger partial charge is 0.339 e. The van der Waals surface area contributed by atoms with E-state index in [0.717, 1.165) is 25.9 Å². The molecule has 1 N–H and O–H groups in total. The molecule has 1 saturated heterocycles. The van der Waals surface area contributed by atoms with Gasteiger partial charge < -0.3 is 10.2 Å². The highest BCUT2D eigenvalue weighted by atomic mass is 32.1. The standard InChI is InChI=1S/C19H20N2O3S/c1-13(22)17-11-15(12-25-17)18(23)20-16-7-5-6-14(10-16)19(24)21-8-3-2-4-9-21/h5-7,10-12H,2-4,8-9H2,1H3,(H,20,23). The van der Waals surface area contributed by atoms with Crippen molar-refractivity contribution in [2.75, 3.05) is 18.4 Å². The number of benzene rings is 1. The van der Waals surface area contributed by atoms with Crippen molar-refractivity contribution in [1.29, 1.82) is 0 Å². The molecule has 0 saturated carbocycles. The van der Waals surface area contributed by atoms with E-state index in [1.54, 1.807) is 35.7 Å². The molecule has 0 unspecified atom stereocenters. The van der Waals surface area contributed by atoms with Crippen LogP contribution in [-0.4, -0.2) is 35.6 Å². The summed E-state index contributed by atoms with van der Waals surface area (Å²) < 4.78 is 0. The Kier molecular flexibility index (Phi) is 5.28. The van der Waals surface area contributed by atoms with Crippen molar-refractivity contribution >= 4 is 34.6 Å². The van der Waals surface area contributed by atoms with Gasteiger partial charge in [-0.05, 0) is 50.5 Å². The van der Waals surface area contributed by atoms with Crippen molar-refractivity contribution < 1.29 is 14.4 Å². The molecule has 1 aliphatic rings. The van der Waals surface area contributed by atoms with Crippen molar-refractivity contribution in [1.82, 2.24) is 4.90 Å². The molecule has 1 aliphatic heterocycles. The van der Waals surface area contributed by atoms with Crippen LogP contribution in [0, 0.1) is 0 Å². The first kappa shape index (κ1) is 17.4. The van der Waals surface area contributed by atoms with Gasteiger partial charge in [-0.15, -0.1) is 11.3 Å². The highest BCUT2D eigenvalue weighted by Gasteiger charge is 2.18. The lowest BCUT2D eigenvalue weighted by Gasteiger charge is -2.26. The van der Waals surface area contributed by atoms with Gasteiger partial charge in [0.1, 0.15) is 0 Å². The lowest BCUT2D eigenvalue weighted by Crippen LogP contribution is -2.35. The number of ketones is 1. The van der Waals surface area contributed by atoms with E-state index in [1.165, 1.54) is 24.7 Å². The third kappa shape index (κ3) is 4.14. The predicted octanol–water partition coefficient (Wildman–Crippen LogP) is 3.83. The van der Waals surface area contributed by atoms with E-state index in [4.69, 9.17) is 0 Å². The van der Waals surface area contributed by atoms with Crippen LogP contribution in [0.25, 0.3) is 0 Å². The average molecular weight is 356 g/mol. The van der Waals surface area contributed by atoms with E-state index in [9.17, 15) is 14.4 Å². The van der Waals surface area contributed by atoms with Gasteiger partial charge in [0.05, 0.1) is 10.4 Å². The normalized spacial score (nSPS) is 14.2. The number of amides is 2. The topological polar surface area (TPSA) is 66.5 Å². The fourth-order valence-corrected chi connectivity index (χ4v) is 3.64. The zero-order valence-corrected chi connectivity index (χ0v) is 14.9. The number of thiophene rings is 1. The summed E-state index contributed by atoms with van der Waals surface area (Å²) in [7, 11) is 0. The number of carbonyl (C=O) groups excluding carboxylic acids is 3. The molecule has 3 rings (SSSR count). The molecule has 0 aliphatic carbocycles. The van der Waals surface area contributed by atoms with Crippen LogP contribution in [0.4, 0.5) is 5.69 Å². The van der Waals surface area contributed by atoms with Gasteiger partial charge in [0.25, 0.3) is 11.8 Å². The summed E-state index contributed by atoms with van der Waals surface area (Å²) in [6.45, 7) is 3.06. The molecule has 2 heterocycles. The smallest absolute Gasteiger partial charge is 0.256 e. The Labute approximate surface area is 150 Å². The molecule has 5 nitrogen and oxygen atoms in total. The second-order valence-corrected chi connectivity index (χ2v) is 7.05. The third-order valence-electron chi connectivity index (χ3n) is 4.22. The number of hydrogen-bond acceptors (Lipinski definition) is 4. The molecule has 2 amide bonds. The van der Waals surface area contributed by atoms with Gasteiger partial charge in [0.2, 0.25) is 0 Å². The first-order valence-corrected chi connectivity index (χ1v) is 9.23. The van der Waals surface area contributed by atoms with E-state index in [0.29, 0.717) is 21.7 Å². The Morgan fingerprint density at radius 2 is 1.80 bits per heavy atom. The van der Waals surface area contributed by atoms with E-state index in [2.05, 4.69) is 5.32 Å². The van der Waals surface area contributed by atoms with Gasteiger partial charge in [-0.3, -0.25) is 14.4 Å². The van der Waals surface area contributed by atoms with Crippen LogP contribution in [-0.2, 0) is 0 Å². The molecule has 6 heteroatoms. The maximum absolute atomic E-state index is 12.6. The van der Waals surface area contributed by atoms with Crippen LogP contribution >= 0.6 is 11.3 Å². The molecule has 1 aromatic carbocycles. The number of carbonyl (C=O) groups is 3. The lowest BCUT2D eigenvalue weighted by molar-refractivity contribution is 0.0724. The number of hydrogen-bond donors (Lipinski definition) is 1. The Hall–Kier alpha value is -2.47. The Morgan fingerprint density at radius 3 is 2.48 bits per heavy atom. The second-order valence-electron chi connectivity index (χ2n) is 6.14. The molecule has 0 spiro atoms. The van der Waals surface area contributed by atoms with Crippen LogP contribution in [0.5, 0.6) is 0 Å². The maximum atomic E-state index is 12.6. The van der Waals surface area contributed by atoms with E-state index in [1.807, 2.05) is 4.90 Å². The fourth-order valence-electron chi connectivity index (χ4n) is 2.85. The molecule has 2 aromatic rings. The van der Waals surface area contributed by atoms with Crippen LogP contribution in [0.2, 0.25) is 0 Å². The highest BCUT2D eigenvalue weighted by Crippen LogP contribution is 2.19. The summed E-state index contributed by atoms with van der Waals surface area (Å²) in [4.78, 5) is 38.6. The van der Waals surface area contributed by atoms with Crippen molar-refractivity contribution in [3.8, 4) is 0 Å². The number of piperidine rings is 1. The first-order chi connectivity index (χ1) is 12.0. The van der Waals surface area contributed by atoms with E-state index >= 15 is 0 Å². The molecule has 1 aromatic heterocycles. The van der Waals surface area contributed by atoms with Crippen molar-refractivity contribution in [2.24, 2.45) is 0 Å². The van der Waals surface area contributed by atoms with Crippen LogP contribution < -0.4 is 5.32 Å². The monoisotopic (exact) mass is 356 g/mol. The summed E-state index contributed by atoms with van der Waals surface area (Å²) >= 11 is 1.25. The summed E-state index contributed by atoms with van der Waals surface area (Å²) in [5.74, 6) is -0.338. The highest BCUT2D eigenvalue weighted by molar-refractivity contribution is 7.12. The van der Waals surface area contributed by atoms with Crippen molar-refractivity contribution in [3.05, 3.63) is 51.7 Å². The van der Waals surface area contributed by atoms with Gasteiger partial charge in [0.15, 0.2) is 5.78 Å². The van der Waals surface area contributed by atoms with Crippen molar-refractivity contribution in [2.45, 2.75) is 26.2 Å². The summed E-state index contributed by atoms with van der Waals surface area (Å²) in [5, 5.41) is 4.46. The summed E-state index contributed by atoms with van der Waals surface area (Å²) in [5.41, 5.74) is 1.60.